The first-order valence-electron chi connectivity index (χ1n) is 7.90. The van der Waals surface area contributed by atoms with Gasteiger partial charge in [-0.3, -0.25) is 4.98 Å². The lowest BCUT2D eigenvalue weighted by Crippen LogP contribution is -1.94. The van der Waals surface area contributed by atoms with Crippen molar-refractivity contribution in [2.75, 3.05) is 0 Å². The third-order valence-electron chi connectivity index (χ3n) is 3.71. The van der Waals surface area contributed by atoms with Crippen molar-refractivity contribution in [3.8, 4) is 28.6 Å². The Bertz CT molecular complexity index is 936. The number of hydrogen-bond donors (Lipinski definition) is 0. The molecule has 0 bridgehead atoms. The van der Waals surface area contributed by atoms with Gasteiger partial charge in [0.2, 0.25) is 5.82 Å². The minimum absolute atomic E-state index is 0.474. The van der Waals surface area contributed by atoms with Gasteiger partial charge in [0.15, 0.2) is 0 Å². The fourth-order valence-corrected chi connectivity index (χ4v) is 2.39. The number of nitrogens with zero attached hydrogens (tertiary/aromatic N) is 3. The summed E-state index contributed by atoms with van der Waals surface area (Å²) in [5.41, 5.74) is 2.85. The molecule has 4 rings (SSSR count). The molecule has 0 aliphatic rings. The van der Waals surface area contributed by atoms with Crippen LogP contribution >= 0.6 is 0 Å². The smallest absolute Gasteiger partial charge is 0.258 e. The van der Waals surface area contributed by atoms with Crippen molar-refractivity contribution in [2.24, 2.45) is 0 Å². The summed E-state index contributed by atoms with van der Waals surface area (Å²) in [6, 6.07) is 21.3. The summed E-state index contributed by atoms with van der Waals surface area (Å²) >= 11 is 0. The molecule has 0 unspecified atom stereocenters. The zero-order valence-electron chi connectivity index (χ0n) is 13.4. The predicted molar refractivity (Wildman–Crippen MR) is 93.7 cm³/mol. The molecule has 0 aliphatic carbocycles. The van der Waals surface area contributed by atoms with E-state index in [1.165, 1.54) is 0 Å². The molecule has 0 fully saturated rings. The van der Waals surface area contributed by atoms with E-state index in [2.05, 4.69) is 15.1 Å². The molecule has 122 valence electrons. The van der Waals surface area contributed by atoms with Gasteiger partial charge in [0, 0.05) is 23.5 Å². The second-order valence-electron chi connectivity index (χ2n) is 5.46. The van der Waals surface area contributed by atoms with Gasteiger partial charge in [0.25, 0.3) is 5.89 Å². The van der Waals surface area contributed by atoms with E-state index in [-0.39, 0.29) is 0 Å². The van der Waals surface area contributed by atoms with Gasteiger partial charge in [-0.2, -0.15) is 4.98 Å². The van der Waals surface area contributed by atoms with Crippen LogP contribution in [0.3, 0.4) is 0 Å². The van der Waals surface area contributed by atoms with Crippen LogP contribution in [0.15, 0.2) is 83.6 Å². The Morgan fingerprint density at radius 1 is 0.800 bits per heavy atom. The Morgan fingerprint density at radius 2 is 1.56 bits per heavy atom. The lowest BCUT2D eigenvalue weighted by atomic mass is 10.2. The molecule has 0 saturated heterocycles. The van der Waals surface area contributed by atoms with Crippen LogP contribution in [0.1, 0.15) is 5.56 Å². The van der Waals surface area contributed by atoms with Gasteiger partial charge in [-0.05, 0) is 42.0 Å². The van der Waals surface area contributed by atoms with Crippen molar-refractivity contribution in [3.63, 3.8) is 0 Å². The molecule has 25 heavy (non-hydrogen) atoms. The Kier molecular flexibility index (Phi) is 4.20. The quantitative estimate of drug-likeness (QED) is 0.544. The maximum Gasteiger partial charge on any atom is 0.258 e. The summed E-state index contributed by atoms with van der Waals surface area (Å²) in [6.45, 7) is 0.535. The molecule has 4 aromatic rings. The van der Waals surface area contributed by atoms with E-state index < -0.39 is 0 Å². The summed E-state index contributed by atoms with van der Waals surface area (Å²) in [6.07, 6.45) is 3.40. The molecule has 0 saturated carbocycles. The van der Waals surface area contributed by atoms with Gasteiger partial charge in [-0.25, -0.2) is 0 Å². The average molecular weight is 329 g/mol. The van der Waals surface area contributed by atoms with Crippen molar-refractivity contribution in [2.45, 2.75) is 6.61 Å². The van der Waals surface area contributed by atoms with Crippen LogP contribution in [0.2, 0.25) is 0 Å². The minimum Gasteiger partial charge on any atom is -0.489 e. The molecule has 0 aliphatic heterocycles. The van der Waals surface area contributed by atoms with Crippen LogP contribution in [-0.2, 0) is 6.61 Å². The Hall–Kier alpha value is -3.47. The summed E-state index contributed by atoms with van der Waals surface area (Å²) in [5.74, 6) is 1.81. The van der Waals surface area contributed by atoms with E-state index in [1.807, 2.05) is 66.7 Å². The molecule has 5 heteroatoms. The zero-order chi connectivity index (χ0) is 16.9. The summed E-state index contributed by atoms with van der Waals surface area (Å²) in [4.78, 5) is 8.41. The second kappa shape index (κ2) is 6.97. The summed E-state index contributed by atoms with van der Waals surface area (Å²) in [7, 11) is 0. The molecule has 5 nitrogen and oxygen atoms in total. The Labute approximate surface area is 144 Å². The number of pyridine rings is 1. The van der Waals surface area contributed by atoms with E-state index in [4.69, 9.17) is 9.26 Å². The Morgan fingerprint density at radius 3 is 2.32 bits per heavy atom. The molecular weight excluding hydrogens is 314 g/mol. The number of hydrogen-bond acceptors (Lipinski definition) is 5. The van der Waals surface area contributed by atoms with Crippen LogP contribution in [0.5, 0.6) is 5.75 Å². The van der Waals surface area contributed by atoms with Gasteiger partial charge in [0.05, 0.1) is 0 Å². The van der Waals surface area contributed by atoms with Crippen molar-refractivity contribution in [1.82, 2.24) is 15.1 Å². The highest BCUT2D eigenvalue weighted by atomic mass is 16.5. The highest BCUT2D eigenvalue weighted by molar-refractivity contribution is 5.59. The van der Waals surface area contributed by atoms with Crippen LogP contribution in [0.4, 0.5) is 0 Å². The third-order valence-corrected chi connectivity index (χ3v) is 3.71. The molecule has 0 N–H and O–H groups in total. The molecule has 2 aromatic carbocycles. The number of aromatic nitrogens is 3. The third kappa shape index (κ3) is 3.55. The molecule has 0 radical (unpaired) electrons. The molecule has 0 spiro atoms. The summed E-state index contributed by atoms with van der Waals surface area (Å²) in [5, 5.41) is 4.02. The first kappa shape index (κ1) is 15.1. The van der Waals surface area contributed by atoms with E-state index in [9.17, 15) is 0 Å². The van der Waals surface area contributed by atoms with E-state index in [0.717, 1.165) is 22.4 Å². The van der Waals surface area contributed by atoms with Gasteiger partial charge < -0.3 is 9.26 Å². The average Bonchev–Trinajstić information content (AvgIpc) is 3.19. The van der Waals surface area contributed by atoms with Crippen LogP contribution in [-0.4, -0.2) is 15.1 Å². The van der Waals surface area contributed by atoms with Crippen molar-refractivity contribution >= 4 is 0 Å². The lowest BCUT2D eigenvalue weighted by molar-refractivity contribution is 0.306. The SMILES string of the molecule is c1ccc(COc2ccc(-c3nc(-c4ccncc4)no3)cc2)cc1. The lowest BCUT2D eigenvalue weighted by Gasteiger charge is -2.06. The first-order chi connectivity index (χ1) is 12.4. The minimum atomic E-state index is 0.474. The van der Waals surface area contributed by atoms with E-state index in [0.29, 0.717) is 18.3 Å². The topological polar surface area (TPSA) is 61.0 Å². The van der Waals surface area contributed by atoms with Gasteiger partial charge in [-0.1, -0.05) is 35.5 Å². The zero-order valence-corrected chi connectivity index (χ0v) is 13.4. The molecule has 2 heterocycles. The standard InChI is InChI=1S/C20H15N3O2/c1-2-4-15(5-3-1)14-24-18-8-6-17(7-9-18)20-22-19(23-25-20)16-10-12-21-13-11-16/h1-13H,14H2. The molecule has 0 atom stereocenters. The highest BCUT2D eigenvalue weighted by Crippen LogP contribution is 2.24. The monoisotopic (exact) mass is 329 g/mol. The second-order valence-corrected chi connectivity index (χ2v) is 5.46. The normalized spacial score (nSPS) is 10.6. The van der Waals surface area contributed by atoms with E-state index >= 15 is 0 Å². The number of ether oxygens (including phenoxy) is 1. The molecular formula is C20H15N3O2. The maximum atomic E-state index is 5.78. The summed E-state index contributed by atoms with van der Waals surface area (Å²) < 4.78 is 11.1. The number of rotatable bonds is 5. The largest absolute Gasteiger partial charge is 0.489 e. The van der Waals surface area contributed by atoms with Crippen molar-refractivity contribution in [1.29, 1.82) is 0 Å². The first-order valence-corrected chi connectivity index (χ1v) is 7.90. The fraction of sp³-hybridized carbons (Fsp3) is 0.0500. The van der Waals surface area contributed by atoms with Gasteiger partial charge in [0.1, 0.15) is 12.4 Å². The number of benzene rings is 2. The van der Waals surface area contributed by atoms with Crippen LogP contribution < -0.4 is 4.74 Å². The van der Waals surface area contributed by atoms with Crippen molar-refractivity contribution < 1.29 is 9.26 Å². The molecule has 0 amide bonds. The maximum absolute atomic E-state index is 5.78. The van der Waals surface area contributed by atoms with Gasteiger partial charge in [-0.15, -0.1) is 0 Å². The highest BCUT2D eigenvalue weighted by Gasteiger charge is 2.10. The van der Waals surface area contributed by atoms with E-state index in [1.54, 1.807) is 12.4 Å². The fourth-order valence-electron chi connectivity index (χ4n) is 2.39. The van der Waals surface area contributed by atoms with Crippen molar-refractivity contribution in [3.05, 3.63) is 84.7 Å². The Balaban J connectivity index is 1.46. The molecule has 2 aromatic heterocycles. The predicted octanol–water partition coefficient (Wildman–Crippen LogP) is 4.38. The van der Waals surface area contributed by atoms with Crippen LogP contribution in [0, 0.1) is 0 Å². The van der Waals surface area contributed by atoms with Gasteiger partial charge >= 0.3 is 0 Å². The van der Waals surface area contributed by atoms with Crippen LogP contribution in [0.25, 0.3) is 22.8 Å².